The fourth-order valence-corrected chi connectivity index (χ4v) is 3.23. The summed E-state index contributed by atoms with van der Waals surface area (Å²) >= 11 is 0. The van der Waals surface area contributed by atoms with Gasteiger partial charge in [-0.1, -0.05) is 20.8 Å². The number of nitrogens with zero attached hydrogens (tertiary/aromatic N) is 2. The van der Waals surface area contributed by atoms with Crippen molar-refractivity contribution in [1.29, 1.82) is 0 Å². The lowest BCUT2D eigenvalue weighted by Crippen LogP contribution is -2.45. The molecule has 0 spiro atoms. The van der Waals surface area contributed by atoms with Crippen LogP contribution in [0.2, 0.25) is 0 Å². The van der Waals surface area contributed by atoms with Crippen LogP contribution >= 0.6 is 0 Å². The molecule has 1 heterocycles. The number of fused-ring (bicyclic) bond motifs is 1. The number of anilines is 1. The van der Waals surface area contributed by atoms with Crippen molar-refractivity contribution in [2.75, 3.05) is 26.6 Å². The fourth-order valence-electron chi connectivity index (χ4n) is 3.23. The minimum Gasteiger partial charge on any atom is -0.467 e. The van der Waals surface area contributed by atoms with Crippen LogP contribution in [0.15, 0.2) is 12.1 Å². The molecule has 3 N–H and O–H groups in total. The summed E-state index contributed by atoms with van der Waals surface area (Å²) in [4.78, 5) is 29.8. The number of amides is 1. The number of nitrogen functional groups attached to an aromatic ring is 1. The Labute approximate surface area is 165 Å². The highest BCUT2D eigenvalue weighted by molar-refractivity contribution is 6.07. The maximum Gasteiger partial charge on any atom is 0.328 e. The van der Waals surface area contributed by atoms with E-state index < -0.39 is 12.0 Å². The van der Waals surface area contributed by atoms with E-state index in [1.807, 2.05) is 25.3 Å². The number of hydrogen-bond donors (Lipinski definition) is 2. The van der Waals surface area contributed by atoms with Crippen LogP contribution in [0.1, 0.15) is 43.4 Å². The smallest absolute Gasteiger partial charge is 0.328 e. The lowest BCUT2D eigenvalue weighted by molar-refractivity contribution is -0.144. The van der Waals surface area contributed by atoms with Gasteiger partial charge in [-0.2, -0.15) is 0 Å². The van der Waals surface area contributed by atoms with Crippen molar-refractivity contribution in [3.05, 3.63) is 23.5 Å². The number of rotatable bonds is 9. The van der Waals surface area contributed by atoms with E-state index in [-0.39, 0.29) is 11.8 Å². The van der Waals surface area contributed by atoms with Crippen molar-refractivity contribution >= 4 is 28.6 Å². The number of esters is 1. The van der Waals surface area contributed by atoms with Crippen LogP contribution < -0.4 is 11.1 Å². The Kier molecular flexibility index (Phi) is 7.39. The van der Waals surface area contributed by atoms with Gasteiger partial charge >= 0.3 is 5.97 Å². The Morgan fingerprint density at radius 1 is 1.29 bits per heavy atom. The van der Waals surface area contributed by atoms with E-state index in [4.69, 9.17) is 15.2 Å². The summed E-state index contributed by atoms with van der Waals surface area (Å²) in [6.45, 7) is 6.99. The summed E-state index contributed by atoms with van der Waals surface area (Å²) in [5, 5.41) is 2.79. The topological polar surface area (TPSA) is 108 Å². The van der Waals surface area contributed by atoms with Gasteiger partial charge in [-0.25, -0.2) is 9.78 Å². The summed E-state index contributed by atoms with van der Waals surface area (Å²) in [5.41, 5.74) is 8.24. The largest absolute Gasteiger partial charge is 0.467 e. The maximum absolute atomic E-state index is 13.1. The van der Waals surface area contributed by atoms with Gasteiger partial charge in [0, 0.05) is 32.4 Å². The molecule has 28 heavy (non-hydrogen) atoms. The molecule has 0 aliphatic carbocycles. The van der Waals surface area contributed by atoms with E-state index in [1.54, 1.807) is 19.2 Å². The Hall–Kier alpha value is -2.61. The van der Waals surface area contributed by atoms with Gasteiger partial charge in [-0.3, -0.25) is 4.79 Å². The van der Waals surface area contributed by atoms with Crippen molar-refractivity contribution in [3.8, 4) is 0 Å². The minimum absolute atomic E-state index is 0.120. The number of carbonyl (C=O) groups is 2. The molecule has 1 atom stereocenters. The van der Waals surface area contributed by atoms with Gasteiger partial charge in [-0.05, 0) is 24.5 Å². The van der Waals surface area contributed by atoms with E-state index in [2.05, 4.69) is 10.3 Å². The predicted molar refractivity (Wildman–Crippen MR) is 108 cm³/mol. The third-order valence-electron chi connectivity index (χ3n) is 4.64. The summed E-state index contributed by atoms with van der Waals surface area (Å²) in [5.74, 6) is -0.104. The van der Waals surface area contributed by atoms with Gasteiger partial charge in [-0.15, -0.1) is 0 Å². The Morgan fingerprint density at radius 3 is 2.57 bits per heavy atom. The number of nitrogens with one attached hydrogen (secondary N) is 1. The fraction of sp³-hybridized carbons (Fsp3) is 0.550. The van der Waals surface area contributed by atoms with E-state index in [9.17, 15) is 9.59 Å². The zero-order chi connectivity index (χ0) is 20.8. The number of ether oxygens (including phenoxy) is 2. The first-order chi connectivity index (χ1) is 13.3. The molecule has 154 valence electrons. The molecule has 0 radical (unpaired) electrons. The normalized spacial score (nSPS) is 12.4. The number of aromatic nitrogens is 2. The van der Waals surface area contributed by atoms with Gasteiger partial charge in [0.15, 0.2) is 0 Å². The molecule has 0 fully saturated rings. The molecule has 0 unspecified atom stereocenters. The first-order valence-corrected chi connectivity index (χ1v) is 9.50. The molecular weight excluding hydrogens is 360 g/mol. The Balaban J connectivity index is 2.51. The summed E-state index contributed by atoms with van der Waals surface area (Å²) < 4.78 is 12.0. The molecule has 0 bridgehead atoms. The second-order valence-corrected chi connectivity index (χ2v) is 7.03. The number of hydrogen-bond acceptors (Lipinski definition) is 6. The summed E-state index contributed by atoms with van der Waals surface area (Å²) in [7, 11) is 2.96. The number of benzene rings is 1. The van der Waals surface area contributed by atoms with Crippen LogP contribution in [0.4, 0.5) is 5.69 Å². The molecule has 1 amide bonds. The molecule has 0 aliphatic rings. The minimum atomic E-state index is -0.746. The highest BCUT2D eigenvalue weighted by Gasteiger charge is 2.27. The van der Waals surface area contributed by atoms with E-state index >= 15 is 0 Å². The van der Waals surface area contributed by atoms with Crippen LogP contribution in [0.3, 0.4) is 0 Å². The molecule has 0 aliphatic heterocycles. The Bertz CT molecular complexity index is 844. The summed E-state index contributed by atoms with van der Waals surface area (Å²) in [6, 6.07) is 2.64. The highest BCUT2D eigenvalue weighted by atomic mass is 16.5. The van der Waals surface area contributed by atoms with Crippen LogP contribution in [0.25, 0.3) is 11.0 Å². The molecule has 8 heteroatoms. The highest BCUT2D eigenvalue weighted by Crippen LogP contribution is 2.25. The number of carbonyl (C=O) groups excluding carboxylic acids is 2. The van der Waals surface area contributed by atoms with Crippen LogP contribution in [-0.2, 0) is 27.2 Å². The lowest BCUT2D eigenvalue weighted by Gasteiger charge is -2.20. The van der Waals surface area contributed by atoms with Crippen molar-refractivity contribution in [2.24, 2.45) is 5.92 Å². The van der Waals surface area contributed by atoms with E-state index in [1.165, 1.54) is 7.11 Å². The molecule has 1 aromatic heterocycles. The van der Waals surface area contributed by atoms with Crippen molar-refractivity contribution < 1.29 is 19.1 Å². The number of imidazole rings is 1. The maximum atomic E-state index is 13.1. The quantitative estimate of drug-likeness (QED) is 0.386. The van der Waals surface area contributed by atoms with Crippen molar-refractivity contribution in [3.63, 3.8) is 0 Å². The monoisotopic (exact) mass is 390 g/mol. The molecular formula is C20H30N4O4. The second kappa shape index (κ2) is 9.54. The van der Waals surface area contributed by atoms with Crippen LogP contribution in [0.5, 0.6) is 0 Å². The predicted octanol–water partition coefficient (Wildman–Crippen LogP) is 2.14. The number of nitrogens with two attached hydrogens (primary N) is 1. The third-order valence-corrected chi connectivity index (χ3v) is 4.64. The van der Waals surface area contributed by atoms with Crippen LogP contribution in [0, 0.1) is 5.92 Å². The SMILES string of the molecule is CCc1nc2cc(N)cc(C(=O)N[C@H](C(=O)OC)C(C)C)c2n1CCCOC. The molecule has 0 saturated heterocycles. The van der Waals surface area contributed by atoms with E-state index in [0.29, 0.717) is 35.4 Å². The molecule has 2 rings (SSSR count). The van der Waals surface area contributed by atoms with E-state index in [0.717, 1.165) is 18.7 Å². The van der Waals surface area contributed by atoms with Crippen molar-refractivity contribution in [1.82, 2.24) is 14.9 Å². The number of methoxy groups -OCH3 is 2. The standard InChI is InChI=1S/C20H30N4O4/c1-6-16-22-15-11-13(21)10-14(18(15)24(16)8-7-9-27-4)19(25)23-17(12(2)3)20(26)28-5/h10-12,17H,6-9,21H2,1-5H3,(H,23,25)/t17-/m0/s1. The third kappa shape index (κ3) is 4.62. The molecule has 0 saturated carbocycles. The first-order valence-electron chi connectivity index (χ1n) is 9.50. The van der Waals surface area contributed by atoms with Gasteiger partial charge in [0.2, 0.25) is 0 Å². The zero-order valence-electron chi connectivity index (χ0n) is 17.2. The molecule has 1 aromatic carbocycles. The Morgan fingerprint density at radius 2 is 2.00 bits per heavy atom. The van der Waals surface area contributed by atoms with Gasteiger partial charge < -0.3 is 25.1 Å². The van der Waals surface area contributed by atoms with Gasteiger partial charge in [0.25, 0.3) is 5.91 Å². The first kappa shape index (κ1) is 21.7. The summed E-state index contributed by atoms with van der Waals surface area (Å²) in [6.07, 6.45) is 1.51. The van der Waals surface area contributed by atoms with Gasteiger partial charge in [0.05, 0.1) is 23.7 Å². The molecule has 2 aromatic rings. The van der Waals surface area contributed by atoms with Crippen molar-refractivity contribution in [2.45, 2.75) is 46.2 Å². The lowest BCUT2D eigenvalue weighted by atomic mass is 10.0. The molecule has 8 nitrogen and oxygen atoms in total. The average molecular weight is 390 g/mol. The van der Waals surface area contributed by atoms with Crippen LogP contribution in [-0.4, -0.2) is 48.3 Å². The zero-order valence-corrected chi connectivity index (χ0v) is 17.2. The number of aryl methyl sites for hydroxylation is 2. The second-order valence-electron chi connectivity index (χ2n) is 7.03. The average Bonchev–Trinajstić information content (AvgIpc) is 3.01. The van der Waals surface area contributed by atoms with Gasteiger partial charge in [0.1, 0.15) is 11.9 Å².